The zero-order valence-corrected chi connectivity index (χ0v) is 16.4. The average molecular weight is 377 g/mol. The fourth-order valence-electron chi connectivity index (χ4n) is 2.97. The van der Waals surface area contributed by atoms with E-state index < -0.39 is 0 Å². The van der Waals surface area contributed by atoms with E-state index in [1.807, 2.05) is 45.9 Å². The van der Waals surface area contributed by atoms with Crippen molar-refractivity contribution in [1.29, 1.82) is 0 Å². The van der Waals surface area contributed by atoms with Gasteiger partial charge in [0.2, 0.25) is 0 Å². The van der Waals surface area contributed by atoms with Crippen molar-refractivity contribution in [1.82, 2.24) is 9.97 Å². The molecule has 0 aliphatic carbocycles. The molecule has 0 radical (unpaired) electrons. The molecule has 1 amide bonds. The van der Waals surface area contributed by atoms with Gasteiger partial charge in [0.15, 0.2) is 0 Å². The summed E-state index contributed by atoms with van der Waals surface area (Å²) in [5, 5.41) is 12.8. The number of amides is 1. The third-order valence-electron chi connectivity index (χ3n) is 4.35. The molecular weight excluding hydrogens is 354 g/mol. The second kappa shape index (κ2) is 8.08. The van der Waals surface area contributed by atoms with Gasteiger partial charge in [0, 0.05) is 23.6 Å². The summed E-state index contributed by atoms with van der Waals surface area (Å²) in [5.74, 6) is 1.50. The third kappa shape index (κ3) is 4.28. The maximum absolute atomic E-state index is 12.3. The summed E-state index contributed by atoms with van der Waals surface area (Å²) in [6.45, 7) is 7.88. The van der Waals surface area contributed by atoms with Crippen LogP contribution in [0.15, 0.2) is 48.9 Å². The minimum absolute atomic E-state index is 0.185. The standard InChI is InChI=1S/C22H23N3O3/c1-13(2)18-11-17(5-6-20(18)26)28-21-14(3)9-16(10-15(21)4)25-22(27)19-12-23-7-8-24-19/h5-13,26H,1-4H3,(H,25,27). The van der Waals surface area contributed by atoms with Gasteiger partial charge in [-0.15, -0.1) is 0 Å². The molecule has 28 heavy (non-hydrogen) atoms. The molecule has 0 fully saturated rings. The summed E-state index contributed by atoms with van der Waals surface area (Å²) in [7, 11) is 0. The minimum atomic E-state index is -0.319. The lowest BCUT2D eigenvalue weighted by molar-refractivity contribution is 0.102. The molecule has 6 heteroatoms. The predicted octanol–water partition coefficient (Wildman–Crippen LogP) is 4.97. The second-order valence-electron chi connectivity index (χ2n) is 6.96. The lowest BCUT2D eigenvalue weighted by atomic mass is 10.0. The van der Waals surface area contributed by atoms with Crippen LogP contribution in [0.5, 0.6) is 17.2 Å². The number of carbonyl (C=O) groups is 1. The van der Waals surface area contributed by atoms with E-state index in [1.54, 1.807) is 12.1 Å². The van der Waals surface area contributed by atoms with E-state index in [0.717, 1.165) is 22.4 Å². The van der Waals surface area contributed by atoms with Crippen molar-refractivity contribution in [2.75, 3.05) is 5.32 Å². The first-order chi connectivity index (χ1) is 13.3. The Morgan fingerprint density at radius 1 is 1.11 bits per heavy atom. The Hall–Kier alpha value is -3.41. The molecule has 0 atom stereocenters. The fraction of sp³-hybridized carbons (Fsp3) is 0.227. The van der Waals surface area contributed by atoms with Gasteiger partial charge >= 0.3 is 0 Å². The SMILES string of the molecule is Cc1cc(NC(=O)c2cnccn2)cc(C)c1Oc1ccc(O)c(C(C)C)c1. The van der Waals surface area contributed by atoms with Gasteiger partial charge in [0.05, 0.1) is 6.20 Å². The van der Waals surface area contributed by atoms with Gasteiger partial charge < -0.3 is 15.2 Å². The van der Waals surface area contributed by atoms with Crippen molar-refractivity contribution in [3.63, 3.8) is 0 Å². The maximum Gasteiger partial charge on any atom is 0.275 e. The van der Waals surface area contributed by atoms with Crippen LogP contribution in [0, 0.1) is 13.8 Å². The van der Waals surface area contributed by atoms with E-state index in [4.69, 9.17) is 4.74 Å². The number of carbonyl (C=O) groups excluding carboxylic acids is 1. The molecule has 2 aromatic carbocycles. The molecule has 3 rings (SSSR count). The summed E-state index contributed by atoms with van der Waals surface area (Å²) in [6.07, 6.45) is 4.42. The minimum Gasteiger partial charge on any atom is -0.508 e. The number of hydrogen-bond donors (Lipinski definition) is 2. The highest BCUT2D eigenvalue weighted by atomic mass is 16.5. The largest absolute Gasteiger partial charge is 0.508 e. The molecule has 0 saturated heterocycles. The summed E-state index contributed by atoms with van der Waals surface area (Å²) < 4.78 is 6.08. The first-order valence-corrected chi connectivity index (χ1v) is 9.04. The molecule has 2 N–H and O–H groups in total. The number of nitrogens with one attached hydrogen (secondary N) is 1. The van der Waals surface area contributed by atoms with Crippen molar-refractivity contribution < 1.29 is 14.6 Å². The van der Waals surface area contributed by atoms with Gasteiger partial charge in [-0.25, -0.2) is 4.98 Å². The highest BCUT2D eigenvalue weighted by molar-refractivity contribution is 6.02. The Bertz CT molecular complexity index is 978. The van der Waals surface area contributed by atoms with Crippen LogP contribution in [0.25, 0.3) is 0 Å². The Morgan fingerprint density at radius 3 is 2.43 bits per heavy atom. The predicted molar refractivity (Wildman–Crippen MR) is 108 cm³/mol. The normalized spacial score (nSPS) is 10.8. The van der Waals surface area contributed by atoms with Gasteiger partial charge in [0.1, 0.15) is 22.9 Å². The van der Waals surface area contributed by atoms with Crippen LogP contribution in [-0.2, 0) is 0 Å². The number of aromatic nitrogens is 2. The van der Waals surface area contributed by atoms with E-state index in [1.165, 1.54) is 18.6 Å². The number of hydrogen-bond acceptors (Lipinski definition) is 5. The van der Waals surface area contributed by atoms with Crippen molar-refractivity contribution in [3.8, 4) is 17.2 Å². The van der Waals surface area contributed by atoms with Crippen LogP contribution in [-0.4, -0.2) is 21.0 Å². The smallest absolute Gasteiger partial charge is 0.275 e. The molecule has 0 aliphatic rings. The number of phenolic OH excluding ortho intramolecular Hbond substituents is 1. The van der Waals surface area contributed by atoms with E-state index >= 15 is 0 Å². The molecular formula is C22H23N3O3. The van der Waals surface area contributed by atoms with Gasteiger partial charge in [-0.1, -0.05) is 13.8 Å². The van der Waals surface area contributed by atoms with Gasteiger partial charge in [-0.3, -0.25) is 9.78 Å². The third-order valence-corrected chi connectivity index (χ3v) is 4.35. The van der Waals surface area contributed by atoms with E-state index in [9.17, 15) is 9.90 Å². The van der Waals surface area contributed by atoms with Crippen molar-refractivity contribution >= 4 is 11.6 Å². The van der Waals surface area contributed by atoms with Gasteiger partial charge in [-0.2, -0.15) is 0 Å². The number of aryl methyl sites for hydroxylation is 2. The maximum atomic E-state index is 12.3. The Morgan fingerprint density at radius 2 is 1.82 bits per heavy atom. The topological polar surface area (TPSA) is 84.3 Å². The number of phenols is 1. The summed E-state index contributed by atoms with van der Waals surface area (Å²) in [4.78, 5) is 20.2. The average Bonchev–Trinajstić information content (AvgIpc) is 2.66. The van der Waals surface area contributed by atoms with Crippen LogP contribution in [0.4, 0.5) is 5.69 Å². The van der Waals surface area contributed by atoms with Crippen LogP contribution < -0.4 is 10.1 Å². The molecule has 1 aromatic heterocycles. The van der Waals surface area contributed by atoms with Crippen molar-refractivity contribution in [2.45, 2.75) is 33.6 Å². The highest BCUT2D eigenvalue weighted by Gasteiger charge is 2.13. The number of ether oxygens (including phenoxy) is 1. The Balaban J connectivity index is 1.83. The van der Waals surface area contributed by atoms with Crippen LogP contribution in [0.2, 0.25) is 0 Å². The lowest BCUT2D eigenvalue weighted by Crippen LogP contribution is -2.14. The van der Waals surface area contributed by atoms with Crippen LogP contribution in [0.3, 0.4) is 0 Å². The van der Waals surface area contributed by atoms with E-state index in [2.05, 4.69) is 15.3 Å². The summed E-state index contributed by atoms with van der Waals surface area (Å²) >= 11 is 0. The fourth-order valence-corrected chi connectivity index (χ4v) is 2.97. The molecule has 0 unspecified atom stereocenters. The molecule has 3 aromatic rings. The Labute approximate surface area is 164 Å². The zero-order valence-electron chi connectivity index (χ0n) is 16.4. The van der Waals surface area contributed by atoms with Crippen LogP contribution >= 0.6 is 0 Å². The molecule has 0 bridgehead atoms. The first kappa shape index (κ1) is 19.4. The quantitative estimate of drug-likeness (QED) is 0.656. The number of benzene rings is 2. The molecule has 0 saturated carbocycles. The van der Waals surface area contributed by atoms with Crippen LogP contribution in [0.1, 0.15) is 46.9 Å². The zero-order chi connectivity index (χ0) is 20.3. The van der Waals surface area contributed by atoms with Crippen molar-refractivity contribution in [3.05, 3.63) is 71.3 Å². The molecule has 0 spiro atoms. The van der Waals surface area contributed by atoms with E-state index in [-0.39, 0.29) is 23.3 Å². The number of rotatable bonds is 5. The summed E-state index contributed by atoms with van der Waals surface area (Å²) in [5.41, 5.74) is 3.51. The van der Waals surface area contributed by atoms with Gasteiger partial charge in [0.25, 0.3) is 5.91 Å². The second-order valence-corrected chi connectivity index (χ2v) is 6.96. The molecule has 0 aliphatic heterocycles. The first-order valence-electron chi connectivity index (χ1n) is 9.04. The number of aromatic hydroxyl groups is 1. The lowest BCUT2D eigenvalue weighted by Gasteiger charge is -2.16. The Kier molecular flexibility index (Phi) is 5.59. The molecule has 1 heterocycles. The molecule has 144 valence electrons. The monoisotopic (exact) mass is 377 g/mol. The van der Waals surface area contributed by atoms with E-state index in [0.29, 0.717) is 11.4 Å². The highest BCUT2D eigenvalue weighted by Crippen LogP contribution is 2.35. The van der Waals surface area contributed by atoms with Crippen molar-refractivity contribution in [2.24, 2.45) is 0 Å². The number of anilines is 1. The number of nitrogens with zero attached hydrogens (tertiary/aromatic N) is 2. The van der Waals surface area contributed by atoms with Gasteiger partial charge in [-0.05, 0) is 61.2 Å². The molecule has 6 nitrogen and oxygen atoms in total. The summed E-state index contributed by atoms with van der Waals surface area (Å²) in [6, 6.07) is 8.93.